The van der Waals surface area contributed by atoms with Crippen molar-refractivity contribution in [2.45, 2.75) is 6.54 Å². The van der Waals surface area contributed by atoms with E-state index in [1.807, 2.05) is 24.3 Å². The van der Waals surface area contributed by atoms with Gasteiger partial charge in [0.25, 0.3) is 11.8 Å². The van der Waals surface area contributed by atoms with E-state index >= 15 is 0 Å². The lowest BCUT2D eigenvalue weighted by Gasteiger charge is -2.11. The van der Waals surface area contributed by atoms with Crippen molar-refractivity contribution in [1.29, 1.82) is 0 Å². The smallest absolute Gasteiger partial charge is 0.259 e. The largest absolute Gasteiger partial charge is 0.484 e. The molecule has 3 rings (SSSR count). The molecule has 1 aromatic heterocycles. The van der Waals surface area contributed by atoms with Crippen LogP contribution in [-0.4, -0.2) is 47.2 Å². The summed E-state index contributed by atoms with van der Waals surface area (Å²) < 4.78 is 7.08. The van der Waals surface area contributed by atoms with Crippen molar-refractivity contribution in [3.63, 3.8) is 0 Å². The van der Waals surface area contributed by atoms with Crippen LogP contribution in [0.4, 0.5) is 5.69 Å². The first-order valence-electron chi connectivity index (χ1n) is 8.92. The maximum atomic E-state index is 12.4. The molecular formula is C21H21ClN4O3. The van der Waals surface area contributed by atoms with Gasteiger partial charge in [0.2, 0.25) is 0 Å². The number of aromatic nitrogens is 2. The number of rotatable bonds is 7. The summed E-state index contributed by atoms with van der Waals surface area (Å²) in [4.78, 5) is 25.5. The van der Waals surface area contributed by atoms with Crippen LogP contribution in [0.15, 0.2) is 60.9 Å². The van der Waals surface area contributed by atoms with E-state index in [1.165, 1.54) is 11.1 Å². The van der Waals surface area contributed by atoms with Gasteiger partial charge in [-0.05, 0) is 35.9 Å². The molecule has 0 radical (unpaired) electrons. The molecule has 0 bridgehead atoms. The van der Waals surface area contributed by atoms with Crippen molar-refractivity contribution in [2.24, 2.45) is 0 Å². The number of hydrogen-bond acceptors (Lipinski definition) is 4. The maximum Gasteiger partial charge on any atom is 0.259 e. The highest BCUT2D eigenvalue weighted by Gasteiger charge is 2.11. The highest BCUT2D eigenvalue weighted by atomic mass is 35.5. The summed E-state index contributed by atoms with van der Waals surface area (Å²) in [6.07, 6.45) is 3.18. The fraction of sp³-hybridized carbons (Fsp3) is 0.190. The fourth-order valence-corrected chi connectivity index (χ4v) is 2.68. The number of carbonyl (C=O) groups excluding carboxylic acids is 2. The average molecular weight is 413 g/mol. The van der Waals surface area contributed by atoms with Gasteiger partial charge in [0.05, 0.1) is 18.3 Å². The summed E-state index contributed by atoms with van der Waals surface area (Å²) in [6, 6.07) is 14.3. The Labute approximate surface area is 173 Å². The number of halogens is 1. The zero-order valence-corrected chi connectivity index (χ0v) is 16.9. The summed E-state index contributed by atoms with van der Waals surface area (Å²) >= 11 is 6.17. The normalized spacial score (nSPS) is 10.4. The van der Waals surface area contributed by atoms with Crippen LogP contribution >= 0.6 is 11.6 Å². The van der Waals surface area contributed by atoms with Gasteiger partial charge in [-0.15, -0.1) is 0 Å². The first kappa shape index (κ1) is 20.4. The molecule has 1 N–H and O–H groups in total. The van der Waals surface area contributed by atoms with Crippen molar-refractivity contribution in [3.05, 3.63) is 77.1 Å². The topological polar surface area (TPSA) is 76.5 Å². The molecule has 7 nitrogen and oxygen atoms in total. The predicted molar refractivity (Wildman–Crippen MR) is 111 cm³/mol. The van der Waals surface area contributed by atoms with Crippen molar-refractivity contribution in [2.75, 3.05) is 26.0 Å². The van der Waals surface area contributed by atoms with Gasteiger partial charge < -0.3 is 15.0 Å². The molecule has 29 heavy (non-hydrogen) atoms. The summed E-state index contributed by atoms with van der Waals surface area (Å²) in [5.74, 6) is 0.147. The lowest BCUT2D eigenvalue weighted by molar-refractivity contribution is -0.130. The van der Waals surface area contributed by atoms with Gasteiger partial charge in [0.15, 0.2) is 6.61 Å². The number of nitrogens with zero attached hydrogens (tertiary/aromatic N) is 3. The summed E-state index contributed by atoms with van der Waals surface area (Å²) in [5.41, 5.74) is 1.97. The third kappa shape index (κ3) is 5.58. The summed E-state index contributed by atoms with van der Waals surface area (Å²) in [6.45, 7) is 0.438. The Morgan fingerprint density at radius 3 is 2.55 bits per heavy atom. The van der Waals surface area contributed by atoms with Crippen LogP contribution < -0.4 is 10.1 Å². The van der Waals surface area contributed by atoms with Crippen LogP contribution in [0, 0.1) is 0 Å². The van der Waals surface area contributed by atoms with E-state index in [-0.39, 0.29) is 18.4 Å². The van der Waals surface area contributed by atoms with Gasteiger partial charge in [-0.25, -0.2) is 0 Å². The number of ether oxygens (including phenoxy) is 1. The molecule has 0 fully saturated rings. The molecule has 150 valence electrons. The number of anilines is 1. The van der Waals surface area contributed by atoms with Gasteiger partial charge in [0.1, 0.15) is 5.75 Å². The minimum atomic E-state index is -0.271. The van der Waals surface area contributed by atoms with Crippen LogP contribution in [0.5, 0.6) is 5.75 Å². The Hall–Kier alpha value is -3.32. The SMILES string of the molecule is CN(C)C(=O)COc1ccc(NC(=O)c2cnn(Cc3ccccc3Cl)c2)cc1. The second-order valence-corrected chi connectivity index (χ2v) is 6.98. The van der Waals surface area contributed by atoms with Gasteiger partial charge in [-0.3, -0.25) is 14.3 Å². The lowest BCUT2D eigenvalue weighted by atomic mass is 10.2. The van der Waals surface area contributed by atoms with E-state index in [1.54, 1.807) is 49.2 Å². The van der Waals surface area contributed by atoms with Crippen LogP contribution in [0.2, 0.25) is 5.02 Å². The van der Waals surface area contributed by atoms with Crippen LogP contribution in [0.1, 0.15) is 15.9 Å². The minimum Gasteiger partial charge on any atom is -0.484 e. The summed E-state index contributed by atoms with van der Waals surface area (Å²) in [5, 5.41) is 7.69. The van der Waals surface area contributed by atoms with Gasteiger partial charge in [-0.2, -0.15) is 5.10 Å². The molecule has 2 amide bonds. The summed E-state index contributed by atoms with van der Waals surface area (Å²) in [7, 11) is 3.34. The monoisotopic (exact) mass is 412 g/mol. The third-order valence-corrected chi connectivity index (χ3v) is 4.53. The van der Waals surface area contributed by atoms with Crippen LogP contribution in [0.3, 0.4) is 0 Å². The Morgan fingerprint density at radius 2 is 1.86 bits per heavy atom. The molecule has 0 saturated heterocycles. The first-order valence-corrected chi connectivity index (χ1v) is 9.30. The van der Waals surface area contributed by atoms with Gasteiger partial charge in [-0.1, -0.05) is 29.8 Å². The highest BCUT2D eigenvalue weighted by molar-refractivity contribution is 6.31. The Morgan fingerprint density at radius 1 is 1.14 bits per heavy atom. The van der Waals surface area contributed by atoms with E-state index < -0.39 is 0 Å². The molecule has 2 aromatic carbocycles. The zero-order chi connectivity index (χ0) is 20.8. The van der Waals surface area contributed by atoms with E-state index in [9.17, 15) is 9.59 Å². The number of nitrogens with one attached hydrogen (secondary N) is 1. The number of amides is 2. The van der Waals surface area contributed by atoms with Crippen molar-refractivity contribution >= 4 is 29.1 Å². The van der Waals surface area contributed by atoms with Gasteiger partial charge in [0, 0.05) is 31.0 Å². The van der Waals surface area contributed by atoms with E-state index in [0.29, 0.717) is 28.6 Å². The van der Waals surface area contributed by atoms with Crippen molar-refractivity contribution in [1.82, 2.24) is 14.7 Å². The molecular weight excluding hydrogens is 392 g/mol. The molecule has 1 heterocycles. The van der Waals surface area contributed by atoms with Crippen molar-refractivity contribution < 1.29 is 14.3 Å². The van der Waals surface area contributed by atoms with Crippen LogP contribution in [-0.2, 0) is 11.3 Å². The Bertz CT molecular complexity index is 999. The average Bonchev–Trinajstić information content (AvgIpc) is 3.17. The molecule has 0 aliphatic heterocycles. The quantitative estimate of drug-likeness (QED) is 0.646. The molecule has 0 unspecified atom stereocenters. The number of likely N-dealkylation sites (N-methyl/N-ethyl adjacent to an activating group) is 1. The molecule has 3 aromatic rings. The fourth-order valence-electron chi connectivity index (χ4n) is 2.48. The Balaban J connectivity index is 1.57. The number of hydrogen-bond donors (Lipinski definition) is 1. The molecule has 0 saturated carbocycles. The third-order valence-electron chi connectivity index (χ3n) is 4.16. The number of carbonyl (C=O) groups is 2. The van der Waals surface area contributed by atoms with Crippen molar-refractivity contribution in [3.8, 4) is 5.75 Å². The highest BCUT2D eigenvalue weighted by Crippen LogP contribution is 2.18. The zero-order valence-electron chi connectivity index (χ0n) is 16.1. The predicted octanol–water partition coefficient (Wildman–Crippen LogP) is 3.30. The second-order valence-electron chi connectivity index (χ2n) is 6.57. The molecule has 8 heteroatoms. The number of benzene rings is 2. The van der Waals surface area contributed by atoms with E-state index in [2.05, 4.69) is 10.4 Å². The van der Waals surface area contributed by atoms with Gasteiger partial charge >= 0.3 is 0 Å². The Kier molecular flexibility index (Phi) is 6.51. The molecule has 0 aliphatic carbocycles. The van der Waals surface area contributed by atoms with E-state index in [0.717, 1.165) is 5.56 Å². The second kappa shape index (κ2) is 9.25. The minimum absolute atomic E-state index is 0.0384. The first-order chi connectivity index (χ1) is 13.9. The maximum absolute atomic E-state index is 12.4. The molecule has 0 spiro atoms. The lowest BCUT2D eigenvalue weighted by Crippen LogP contribution is -2.27. The standard InChI is InChI=1S/C21H21ClN4O3/c1-25(2)20(27)14-29-18-9-7-17(8-10-18)24-21(28)16-11-23-26(13-16)12-15-5-3-4-6-19(15)22/h3-11,13H,12,14H2,1-2H3,(H,24,28). The molecule has 0 atom stereocenters. The van der Waals surface area contributed by atoms with Crippen LogP contribution in [0.25, 0.3) is 0 Å². The molecule has 0 aliphatic rings. The van der Waals surface area contributed by atoms with E-state index in [4.69, 9.17) is 16.3 Å².